The molecule has 110 valence electrons. The molecule has 1 heterocycles. The second kappa shape index (κ2) is 6.14. The summed E-state index contributed by atoms with van der Waals surface area (Å²) in [6.45, 7) is 3.74. The van der Waals surface area contributed by atoms with Gasteiger partial charge in [-0.2, -0.15) is 0 Å². The van der Waals surface area contributed by atoms with E-state index in [1.54, 1.807) is 6.07 Å². The number of hydrogen-bond acceptors (Lipinski definition) is 3. The smallest absolute Gasteiger partial charge is 0.255 e. The molecule has 21 heavy (non-hydrogen) atoms. The van der Waals surface area contributed by atoms with Crippen LogP contribution in [0, 0.1) is 0 Å². The van der Waals surface area contributed by atoms with Crippen LogP contribution in [0.1, 0.15) is 23.2 Å². The Balaban J connectivity index is 1.68. The molecule has 1 aliphatic heterocycles. The van der Waals surface area contributed by atoms with Crippen LogP contribution in [0.2, 0.25) is 0 Å². The normalized spacial score (nSPS) is 15.4. The molecule has 1 aliphatic rings. The highest BCUT2D eigenvalue weighted by Gasteiger charge is 2.15. The highest BCUT2D eigenvalue weighted by atomic mass is 16.3. The average molecular weight is 284 g/mol. The molecular weight excluding hydrogens is 264 g/mol. The summed E-state index contributed by atoms with van der Waals surface area (Å²) in [4.78, 5) is 14.5. The quantitative estimate of drug-likeness (QED) is 0.906. The molecule has 2 aromatic rings. The molecule has 0 aromatic heterocycles. The molecule has 2 N–H and O–H groups in total. The summed E-state index contributed by atoms with van der Waals surface area (Å²) in [6.07, 6.45) is 2.50. The minimum Gasteiger partial charge on any atom is -0.506 e. The lowest BCUT2D eigenvalue weighted by Crippen LogP contribution is -2.33. The number of benzene rings is 2. The van der Waals surface area contributed by atoms with Gasteiger partial charge in [0.05, 0.1) is 5.56 Å². The van der Waals surface area contributed by atoms with Gasteiger partial charge in [0.2, 0.25) is 0 Å². The van der Waals surface area contributed by atoms with Crippen molar-refractivity contribution in [2.75, 3.05) is 26.2 Å². The van der Waals surface area contributed by atoms with Crippen LogP contribution in [0.5, 0.6) is 5.75 Å². The number of rotatable bonds is 4. The molecule has 4 nitrogen and oxygen atoms in total. The van der Waals surface area contributed by atoms with Crippen molar-refractivity contribution in [3.8, 4) is 5.75 Å². The molecule has 3 rings (SSSR count). The van der Waals surface area contributed by atoms with Crippen LogP contribution < -0.4 is 5.32 Å². The standard InChI is InChI=1S/C17H20N2O2/c20-16-14-6-2-1-5-13(14)7-8-15(16)17(21)18-9-12-19-10-3-4-11-19/h1-2,5-8,20H,3-4,9-12H2,(H,18,21). The van der Waals surface area contributed by atoms with Gasteiger partial charge in [-0.05, 0) is 37.4 Å². The van der Waals surface area contributed by atoms with Crippen molar-refractivity contribution in [2.24, 2.45) is 0 Å². The highest BCUT2D eigenvalue weighted by molar-refractivity contribution is 6.03. The number of fused-ring (bicyclic) bond motifs is 1. The molecule has 1 amide bonds. The molecule has 1 fully saturated rings. The zero-order chi connectivity index (χ0) is 14.7. The van der Waals surface area contributed by atoms with Crippen molar-refractivity contribution in [2.45, 2.75) is 12.8 Å². The number of nitrogens with one attached hydrogen (secondary N) is 1. The first-order valence-electron chi connectivity index (χ1n) is 7.47. The maximum absolute atomic E-state index is 12.2. The van der Waals surface area contributed by atoms with Crippen LogP contribution in [0.3, 0.4) is 0 Å². The van der Waals surface area contributed by atoms with Crippen LogP contribution in [-0.4, -0.2) is 42.1 Å². The summed E-state index contributed by atoms with van der Waals surface area (Å²) >= 11 is 0. The topological polar surface area (TPSA) is 52.6 Å². The van der Waals surface area contributed by atoms with Gasteiger partial charge in [-0.15, -0.1) is 0 Å². The number of nitrogens with zero attached hydrogens (tertiary/aromatic N) is 1. The number of aromatic hydroxyl groups is 1. The third kappa shape index (κ3) is 3.00. The van der Waals surface area contributed by atoms with Gasteiger partial charge in [0, 0.05) is 18.5 Å². The van der Waals surface area contributed by atoms with E-state index in [2.05, 4.69) is 10.2 Å². The summed E-state index contributed by atoms with van der Waals surface area (Å²) < 4.78 is 0. The first kappa shape index (κ1) is 13.9. The Morgan fingerprint density at radius 1 is 1.14 bits per heavy atom. The number of phenolic OH excluding ortho intramolecular Hbond substituents is 1. The minimum absolute atomic E-state index is 0.0618. The molecule has 2 aromatic carbocycles. The highest BCUT2D eigenvalue weighted by Crippen LogP contribution is 2.28. The molecule has 0 atom stereocenters. The van der Waals surface area contributed by atoms with Gasteiger partial charge in [0.15, 0.2) is 0 Å². The van der Waals surface area contributed by atoms with E-state index in [0.717, 1.165) is 25.0 Å². The van der Waals surface area contributed by atoms with Gasteiger partial charge in [-0.25, -0.2) is 0 Å². The van der Waals surface area contributed by atoms with Crippen molar-refractivity contribution in [3.63, 3.8) is 0 Å². The predicted octanol–water partition coefficient (Wildman–Crippen LogP) is 2.37. The first-order valence-corrected chi connectivity index (χ1v) is 7.47. The summed E-state index contributed by atoms with van der Waals surface area (Å²) in [5, 5.41) is 14.8. The molecule has 0 aliphatic carbocycles. The van der Waals surface area contributed by atoms with Gasteiger partial charge in [-0.1, -0.05) is 30.3 Å². The third-order valence-corrected chi connectivity index (χ3v) is 4.06. The molecule has 0 unspecified atom stereocenters. The second-order valence-electron chi connectivity index (χ2n) is 5.49. The van der Waals surface area contributed by atoms with E-state index in [0.29, 0.717) is 17.5 Å². The number of carbonyl (C=O) groups is 1. The Bertz CT molecular complexity index is 648. The molecule has 0 radical (unpaired) electrons. The lowest BCUT2D eigenvalue weighted by Gasteiger charge is -2.15. The van der Waals surface area contributed by atoms with E-state index < -0.39 is 0 Å². The SMILES string of the molecule is O=C(NCCN1CCCC1)c1ccc2ccccc2c1O. The van der Waals surface area contributed by atoms with E-state index in [9.17, 15) is 9.90 Å². The fraction of sp³-hybridized carbons (Fsp3) is 0.353. The second-order valence-corrected chi connectivity index (χ2v) is 5.49. The van der Waals surface area contributed by atoms with Crippen molar-refractivity contribution < 1.29 is 9.90 Å². The Labute approximate surface area is 124 Å². The van der Waals surface area contributed by atoms with Crippen LogP contribution in [0.25, 0.3) is 10.8 Å². The molecule has 4 heteroatoms. The summed E-state index contributed by atoms with van der Waals surface area (Å²) in [6, 6.07) is 11.1. The minimum atomic E-state index is -0.211. The van der Waals surface area contributed by atoms with Crippen LogP contribution >= 0.6 is 0 Å². The van der Waals surface area contributed by atoms with E-state index in [4.69, 9.17) is 0 Å². The monoisotopic (exact) mass is 284 g/mol. The number of phenols is 1. The molecule has 0 saturated carbocycles. The van der Waals surface area contributed by atoms with Crippen molar-refractivity contribution >= 4 is 16.7 Å². The molecule has 1 saturated heterocycles. The number of likely N-dealkylation sites (tertiary alicyclic amines) is 1. The maximum Gasteiger partial charge on any atom is 0.255 e. The van der Waals surface area contributed by atoms with Gasteiger partial charge in [0.25, 0.3) is 5.91 Å². The van der Waals surface area contributed by atoms with Crippen molar-refractivity contribution in [1.29, 1.82) is 0 Å². The van der Waals surface area contributed by atoms with Crippen LogP contribution in [-0.2, 0) is 0 Å². The molecule has 0 spiro atoms. The first-order chi connectivity index (χ1) is 10.3. The maximum atomic E-state index is 12.2. The zero-order valence-electron chi connectivity index (χ0n) is 12.0. The summed E-state index contributed by atoms with van der Waals surface area (Å²) in [7, 11) is 0. The average Bonchev–Trinajstić information content (AvgIpc) is 3.01. The molecular formula is C17H20N2O2. The Morgan fingerprint density at radius 2 is 1.90 bits per heavy atom. The van der Waals surface area contributed by atoms with E-state index >= 15 is 0 Å². The Morgan fingerprint density at radius 3 is 2.71 bits per heavy atom. The lowest BCUT2D eigenvalue weighted by atomic mass is 10.0. The summed E-state index contributed by atoms with van der Waals surface area (Å²) in [5.74, 6) is -0.149. The number of hydrogen-bond donors (Lipinski definition) is 2. The fourth-order valence-electron chi connectivity index (χ4n) is 2.87. The zero-order valence-corrected chi connectivity index (χ0v) is 12.0. The van der Waals surface area contributed by atoms with Gasteiger partial charge < -0.3 is 15.3 Å². The van der Waals surface area contributed by atoms with Gasteiger partial charge in [-0.3, -0.25) is 4.79 Å². The van der Waals surface area contributed by atoms with E-state index in [-0.39, 0.29) is 11.7 Å². The van der Waals surface area contributed by atoms with Crippen LogP contribution in [0.15, 0.2) is 36.4 Å². The van der Waals surface area contributed by atoms with Crippen molar-refractivity contribution in [1.82, 2.24) is 10.2 Å². The molecule has 0 bridgehead atoms. The summed E-state index contributed by atoms with van der Waals surface area (Å²) in [5.41, 5.74) is 0.343. The fourth-order valence-corrected chi connectivity index (χ4v) is 2.87. The van der Waals surface area contributed by atoms with E-state index in [1.807, 2.05) is 30.3 Å². The van der Waals surface area contributed by atoms with Gasteiger partial charge in [0.1, 0.15) is 5.75 Å². The third-order valence-electron chi connectivity index (χ3n) is 4.06. The largest absolute Gasteiger partial charge is 0.506 e. The number of amides is 1. The van der Waals surface area contributed by atoms with Crippen LogP contribution in [0.4, 0.5) is 0 Å². The Kier molecular flexibility index (Phi) is 4.06. The lowest BCUT2D eigenvalue weighted by molar-refractivity contribution is 0.0947. The van der Waals surface area contributed by atoms with Gasteiger partial charge >= 0.3 is 0 Å². The Hall–Kier alpha value is -2.07. The van der Waals surface area contributed by atoms with Crippen molar-refractivity contribution in [3.05, 3.63) is 42.0 Å². The predicted molar refractivity (Wildman–Crippen MR) is 83.6 cm³/mol. The van der Waals surface area contributed by atoms with E-state index in [1.165, 1.54) is 12.8 Å². The number of carbonyl (C=O) groups excluding carboxylic acids is 1.